The molecular weight excluding hydrogens is 354 g/mol. The van der Waals surface area contributed by atoms with Gasteiger partial charge in [0.15, 0.2) is 0 Å². The Hall–Kier alpha value is -1.60. The summed E-state index contributed by atoms with van der Waals surface area (Å²) in [6.45, 7) is 3.86. The van der Waals surface area contributed by atoms with Crippen molar-refractivity contribution < 1.29 is 22.1 Å². The van der Waals surface area contributed by atoms with Gasteiger partial charge in [-0.1, -0.05) is 63.4 Å². The van der Waals surface area contributed by atoms with E-state index in [9.17, 15) is 13.2 Å². The molecule has 0 heterocycles. The predicted molar refractivity (Wildman–Crippen MR) is 100 cm³/mol. The fourth-order valence-electron chi connectivity index (χ4n) is 2.94. The van der Waals surface area contributed by atoms with Crippen molar-refractivity contribution in [3.8, 4) is 0 Å². The van der Waals surface area contributed by atoms with E-state index in [2.05, 4.69) is 5.32 Å². The lowest BCUT2D eigenvalue weighted by atomic mass is 9.98. The summed E-state index contributed by atoms with van der Waals surface area (Å²) in [4.78, 5) is 12.0. The summed E-state index contributed by atoms with van der Waals surface area (Å²) in [5, 5.41) is 2.66. The van der Waals surface area contributed by atoms with Gasteiger partial charge in [-0.15, -0.1) is 0 Å². The first-order valence-electron chi connectivity index (χ1n) is 9.24. The van der Waals surface area contributed by atoms with Crippen molar-refractivity contribution in [3.63, 3.8) is 0 Å². The lowest BCUT2D eigenvalue weighted by Gasteiger charge is -2.25. The number of nitrogens with one attached hydrogen (secondary N) is 1. The van der Waals surface area contributed by atoms with Crippen LogP contribution in [0.2, 0.25) is 0 Å². The highest BCUT2D eigenvalue weighted by Crippen LogP contribution is 2.22. The Morgan fingerprint density at radius 2 is 1.81 bits per heavy atom. The molecule has 1 aromatic carbocycles. The summed E-state index contributed by atoms with van der Waals surface area (Å²) in [6, 6.07) is 8.76. The number of benzene rings is 1. The molecule has 6 nitrogen and oxygen atoms in total. The van der Waals surface area contributed by atoms with Crippen molar-refractivity contribution >= 4 is 16.2 Å². The highest BCUT2D eigenvalue weighted by atomic mass is 32.2. The maximum absolute atomic E-state index is 12.4. The summed E-state index contributed by atoms with van der Waals surface area (Å²) in [5.74, 6) is -0.314. The third-order valence-electron chi connectivity index (χ3n) is 4.54. The minimum atomic E-state index is -3.71. The Bertz CT molecular complexity index is 654. The smallest absolute Gasteiger partial charge is 0.407 e. The molecule has 0 aromatic heterocycles. The topological polar surface area (TPSA) is 81.7 Å². The van der Waals surface area contributed by atoms with Crippen LogP contribution < -0.4 is 5.32 Å². The van der Waals surface area contributed by atoms with E-state index in [1.807, 2.05) is 44.2 Å². The zero-order valence-electron chi connectivity index (χ0n) is 15.5. The minimum Gasteiger partial charge on any atom is -0.445 e. The van der Waals surface area contributed by atoms with Crippen molar-refractivity contribution in [2.75, 3.05) is 5.75 Å². The predicted octanol–water partition coefficient (Wildman–Crippen LogP) is 3.62. The molecule has 0 saturated heterocycles. The van der Waals surface area contributed by atoms with E-state index in [1.165, 1.54) is 0 Å². The van der Waals surface area contributed by atoms with Crippen LogP contribution in [0.1, 0.15) is 51.5 Å². The summed E-state index contributed by atoms with van der Waals surface area (Å²) in [7, 11) is -3.71. The Morgan fingerprint density at radius 3 is 2.42 bits per heavy atom. The molecule has 1 fully saturated rings. The molecule has 1 aliphatic carbocycles. The van der Waals surface area contributed by atoms with Gasteiger partial charge >= 0.3 is 6.09 Å². The van der Waals surface area contributed by atoms with Crippen LogP contribution in [-0.2, 0) is 25.6 Å². The van der Waals surface area contributed by atoms with Crippen LogP contribution >= 0.6 is 0 Å². The number of carbonyl (C=O) groups is 1. The average molecular weight is 384 g/mol. The van der Waals surface area contributed by atoms with Crippen molar-refractivity contribution in [1.29, 1.82) is 0 Å². The van der Waals surface area contributed by atoms with Crippen molar-refractivity contribution in [1.82, 2.24) is 5.32 Å². The number of rotatable bonds is 8. The summed E-state index contributed by atoms with van der Waals surface area (Å²) in [5.41, 5.74) is 0.872. The quantitative estimate of drug-likeness (QED) is 0.694. The second kappa shape index (κ2) is 9.92. The zero-order chi connectivity index (χ0) is 19.0. The third-order valence-corrected chi connectivity index (χ3v) is 5.87. The first-order valence-corrected chi connectivity index (χ1v) is 10.8. The molecule has 0 unspecified atom stereocenters. The molecule has 0 radical (unpaired) electrons. The lowest BCUT2D eigenvalue weighted by molar-refractivity contribution is 0.133. The standard InChI is InChI=1S/C19H29NO5S/c1-15(2)18(14-26(22,23)25-17-11-7-4-8-12-17)20-19(21)24-13-16-9-5-3-6-10-16/h3,5-6,9-10,15,17-18H,4,7-8,11-14H2,1-2H3,(H,20,21)/t18-/m1/s1. The molecule has 146 valence electrons. The van der Waals surface area contributed by atoms with Crippen LogP contribution in [-0.4, -0.2) is 32.4 Å². The second-order valence-electron chi connectivity index (χ2n) is 7.14. The van der Waals surface area contributed by atoms with Crippen LogP contribution in [0.25, 0.3) is 0 Å². The van der Waals surface area contributed by atoms with Gasteiger partial charge in [0, 0.05) is 0 Å². The summed E-state index contributed by atoms with van der Waals surface area (Å²) >= 11 is 0. The van der Waals surface area contributed by atoms with Gasteiger partial charge in [0.1, 0.15) is 6.61 Å². The highest BCUT2D eigenvalue weighted by Gasteiger charge is 2.28. The van der Waals surface area contributed by atoms with Crippen LogP contribution in [0.5, 0.6) is 0 Å². The van der Waals surface area contributed by atoms with Gasteiger partial charge in [-0.05, 0) is 24.3 Å². The van der Waals surface area contributed by atoms with Gasteiger partial charge in [0.25, 0.3) is 10.1 Å². The van der Waals surface area contributed by atoms with Crippen molar-refractivity contribution in [2.24, 2.45) is 5.92 Å². The summed E-state index contributed by atoms with van der Waals surface area (Å²) < 4.78 is 35.3. The molecule has 1 aliphatic rings. The number of ether oxygens (including phenoxy) is 1. The number of hydrogen-bond acceptors (Lipinski definition) is 5. The normalized spacial score (nSPS) is 17.0. The Balaban J connectivity index is 1.85. The molecule has 1 atom stereocenters. The summed E-state index contributed by atoms with van der Waals surface area (Å²) in [6.07, 6.45) is 3.82. The average Bonchev–Trinajstić information content (AvgIpc) is 2.60. The van der Waals surface area contributed by atoms with Gasteiger partial charge in [0.05, 0.1) is 17.9 Å². The van der Waals surface area contributed by atoms with Crippen LogP contribution in [0, 0.1) is 5.92 Å². The minimum absolute atomic E-state index is 0.0657. The molecule has 0 bridgehead atoms. The van der Waals surface area contributed by atoms with Crippen LogP contribution in [0.15, 0.2) is 30.3 Å². The lowest BCUT2D eigenvalue weighted by Crippen LogP contribution is -2.44. The molecule has 1 saturated carbocycles. The van der Waals surface area contributed by atoms with E-state index in [0.29, 0.717) is 0 Å². The van der Waals surface area contributed by atoms with Crippen molar-refractivity contribution in [2.45, 2.75) is 64.7 Å². The largest absolute Gasteiger partial charge is 0.445 e. The van der Waals surface area contributed by atoms with Gasteiger partial charge in [-0.2, -0.15) is 8.42 Å². The van der Waals surface area contributed by atoms with Gasteiger partial charge in [-0.25, -0.2) is 4.79 Å². The molecule has 26 heavy (non-hydrogen) atoms. The van der Waals surface area contributed by atoms with E-state index in [-0.39, 0.29) is 24.4 Å². The van der Waals surface area contributed by atoms with Crippen LogP contribution in [0.3, 0.4) is 0 Å². The zero-order valence-corrected chi connectivity index (χ0v) is 16.3. The Labute approximate surface area is 156 Å². The number of amides is 1. The van der Waals surface area contributed by atoms with Gasteiger partial charge < -0.3 is 10.1 Å². The molecule has 1 N–H and O–H groups in total. The Kier molecular flexibility index (Phi) is 7.90. The first-order chi connectivity index (χ1) is 12.4. The molecule has 2 rings (SSSR count). The van der Waals surface area contributed by atoms with E-state index in [0.717, 1.165) is 37.7 Å². The molecule has 7 heteroatoms. The van der Waals surface area contributed by atoms with E-state index < -0.39 is 22.3 Å². The molecule has 0 spiro atoms. The fraction of sp³-hybridized carbons (Fsp3) is 0.632. The number of carbonyl (C=O) groups excluding carboxylic acids is 1. The number of hydrogen-bond donors (Lipinski definition) is 1. The van der Waals surface area contributed by atoms with Crippen LogP contribution in [0.4, 0.5) is 4.79 Å². The maximum Gasteiger partial charge on any atom is 0.407 e. The SMILES string of the molecule is CC(C)[C@@H](CS(=O)(=O)OC1CCCCC1)NC(=O)OCc1ccccc1. The molecule has 1 amide bonds. The molecule has 0 aliphatic heterocycles. The third kappa shape index (κ3) is 7.33. The first kappa shape index (κ1) is 20.7. The monoisotopic (exact) mass is 383 g/mol. The van der Waals surface area contributed by atoms with Crippen molar-refractivity contribution in [3.05, 3.63) is 35.9 Å². The highest BCUT2D eigenvalue weighted by molar-refractivity contribution is 7.86. The second-order valence-corrected chi connectivity index (χ2v) is 8.78. The van der Waals surface area contributed by atoms with Gasteiger partial charge in [-0.3, -0.25) is 4.18 Å². The Morgan fingerprint density at radius 1 is 1.15 bits per heavy atom. The van der Waals surface area contributed by atoms with E-state index in [4.69, 9.17) is 8.92 Å². The van der Waals surface area contributed by atoms with E-state index in [1.54, 1.807) is 0 Å². The van der Waals surface area contributed by atoms with E-state index >= 15 is 0 Å². The fourth-order valence-corrected chi connectivity index (χ4v) is 4.54. The number of alkyl carbamates (subject to hydrolysis) is 1. The molecule has 1 aromatic rings. The molecular formula is C19H29NO5S. The van der Waals surface area contributed by atoms with Gasteiger partial charge in [0.2, 0.25) is 0 Å². The maximum atomic E-state index is 12.4.